The number of rotatable bonds is 30. The van der Waals surface area contributed by atoms with Crippen molar-refractivity contribution in [3.8, 4) is 34.5 Å². The number of hydrogen-bond acceptors (Lipinski definition) is 26. The molecule has 0 unspecified atom stereocenters. The Kier molecular flexibility index (Phi) is 29.9. The molecule has 6 aromatic carbocycles. The molecule has 0 atom stereocenters. The van der Waals surface area contributed by atoms with E-state index in [1.807, 2.05) is 24.3 Å². The fraction of sp³-hybridized carbons (Fsp3) is 0.543. The number of aromatic nitrogens is 6. The number of ether oxygens (including phenoxy) is 6. The summed E-state index contributed by atoms with van der Waals surface area (Å²) < 4.78 is 64.1. The maximum absolute atomic E-state index is 13.2. The first kappa shape index (κ1) is 85.6. The van der Waals surface area contributed by atoms with Gasteiger partial charge in [-0.15, -0.1) is 0 Å². The fourth-order valence-electron chi connectivity index (χ4n) is 17.6. The van der Waals surface area contributed by atoms with Crippen molar-refractivity contribution >= 4 is 78.0 Å². The van der Waals surface area contributed by atoms with Gasteiger partial charge in [0.1, 0.15) is 17.5 Å². The zero-order chi connectivity index (χ0) is 82.6. The van der Waals surface area contributed by atoms with Crippen LogP contribution in [-0.2, 0) is 23.1 Å². The van der Waals surface area contributed by atoms with Crippen LogP contribution in [0.1, 0.15) is 88.2 Å². The van der Waals surface area contributed by atoms with Crippen molar-refractivity contribution in [3.05, 3.63) is 139 Å². The minimum atomic E-state index is -3.54. The summed E-state index contributed by atoms with van der Waals surface area (Å²) in [5.41, 5.74) is 5.39. The van der Waals surface area contributed by atoms with Gasteiger partial charge in [0.15, 0.2) is 34.5 Å². The summed E-state index contributed by atoms with van der Waals surface area (Å²) in [6, 6.07) is 42.4. The third-order valence-corrected chi connectivity index (χ3v) is 26.5. The summed E-state index contributed by atoms with van der Waals surface area (Å²) in [4.78, 5) is 59.3. The number of benzene rings is 6. The zero-order valence-corrected chi connectivity index (χ0v) is 72.7. The lowest BCUT2D eigenvalue weighted by Gasteiger charge is -2.36. The van der Waals surface area contributed by atoms with Crippen molar-refractivity contribution in [3.63, 3.8) is 0 Å². The Hall–Kier alpha value is -9.39. The Bertz CT molecular complexity index is 4840. The van der Waals surface area contributed by atoms with Crippen LogP contribution < -0.4 is 57.8 Å². The van der Waals surface area contributed by atoms with E-state index in [2.05, 4.69) is 159 Å². The maximum Gasteiger partial charge on any atom is 0.243 e. The lowest BCUT2D eigenvalue weighted by atomic mass is 10.1. The number of hydrogen-bond donors (Lipinski definition) is 0. The summed E-state index contributed by atoms with van der Waals surface area (Å²) >= 11 is 0. The second kappa shape index (κ2) is 41.9. The normalized spacial score (nSPS) is 18.4. The van der Waals surface area contributed by atoms with Crippen molar-refractivity contribution in [1.82, 2.24) is 63.6 Å². The molecule has 0 saturated carbocycles. The predicted octanol–water partition coefficient (Wildman–Crippen LogP) is 11.5. The molecular formula is C92H127N19O8S. The van der Waals surface area contributed by atoms with Crippen LogP contribution in [0.25, 0.3) is 32.7 Å². The van der Waals surface area contributed by atoms with E-state index < -0.39 is 10.0 Å². The van der Waals surface area contributed by atoms with Crippen molar-refractivity contribution in [2.24, 2.45) is 0 Å². The van der Waals surface area contributed by atoms with Crippen molar-refractivity contribution in [2.75, 3.05) is 268 Å². The minimum absolute atomic E-state index is 0.329. The molecule has 0 radical (unpaired) electrons. The molecule has 27 nitrogen and oxygen atoms in total. The molecule has 17 rings (SSSR count). The minimum Gasteiger partial charge on any atom is -0.493 e. The summed E-state index contributed by atoms with van der Waals surface area (Å²) in [5.74, 6) is 9.56. The van der Waals surface area contributed by atoms with Crippen molar-refractivity contribution < 1.29 is 36.8 Å². The number of fused-ring (bicyclic) bond motifs is 3. The molecule has 28 heteroatoms. The van der Waals surface area contributed by atoms with Gasteiger partial charge in [-0.1, -0.05) is 85.3 Å². The molecule has 9 aromatic rings. The Morgan fingerprint density at radius 1 is 0.342 bits per heavy atom. The second-order valence-electron chi connectivity index (χ2n) is 33.3. The van der Waals surface area contributed by atoms with Gasteiger partial charge in [-0.2, -0.15) is 19.3 Å². The van der Waals surface area contributed by atoms with E-state index >= 15 is 0 Å². The first-order valence-corrected chi connectivity index (χ1v) is 45.7. The number of anilines is 6. The molecule has 11 heterocycles. The molecule has 0 aliphatic carbocycles. The van der Waals surface area contributed by atoms with E-state index in [0.29, 0.717) is 62.4 Å². The van der Waals surface area contributed by atoms with E-state index in [9.17, 15) is 8.42 Å². The SMILES string of the molecule is COc1cc2c(N3CCN(Cc4ccccc4)CC3)nc(N3CCCC3)nc2cc1OCCCN(C)C.COc1cc2c(N3CCN(Cc4ccccc4)CC3)nc(N3CCCC3)nc2cc1OCCCN1CCN(C)CC1.COc1cc2c(N3CCN(S(=O)(=O)c4ccccc4)CC3)nc(N3CCCC3)nc2cc1OCCCN1CCCCC1. The van der Waals surface area contributed by atoms with E-state index in [4.69, 9.17) is 58.3 Å². The van der Waals surface area contributed by atoms with E-state index in [1.165, 1.54) is 69.2 Å². The van der Waals surface area contributed by atoms with Crippen LogP contribution in [0.3, 0.4) is 0 Å². The van der Waals surface area contributed by atoms with Crippen LogP contribution in [0.15, 0.2) is 132 Å². The summed E-state index contributed by atoms with van der Waals surface area (Å²) in [5, 5.41) is 2.94. The van der Waals surface area contributed by atoms with Crippen LogP contribution in [0, 0.1) is 0 Å². The van der Waals surface area contributed by atoms with Gasteiger partial charge in [0.25, 0.3) is 0 Å². The molecule has 644 valence electrons. The van der Waals surface area contributed by atoms with Gasteiger partial charge in [-0.3, -0.25) is 9.80 Å². The van der Waals surface area contributed by atoms with Gasteiger partial charge in [-0.05, 0) is 146 Å². The first-order chi connectivity index (χ1) is 58.8. The third-order valence-electron chi connectivity index (χ3n) is 24.6. The molecule has 8 fully saturated rings. The van der Waals surface area contributed by atoms with E-state index in [1.54, 1.807) is 49.9 Å². The van der Waals surface area contributed by atoms with Crippen LogP contribution in [-0.4, -0.2) is 311 Å². The highest BCUT2D eigenvalue weighted by Gasteiger charge is 2.33. The smallest absolute Gasteiger partial charge is 0.243 e. The van der Waals surface area contributed by atoms with E-state index in [-0.39, 0.29) is 0 Å². The molecule has 3 aromatic heterocycles. The lowest BCUT2D eigenvalue weighted by Crippen LogP contribution is -2.49. The topological polar surface area (TPSA) is 209 Å². The zero-order valence-electron chi connectivity index (χ0n) is 71.9. The van der Waals surface area contributed by atoms with Crippen molar-refractivity contribution in [1.29, 1.82) is 0 Å². The molecule has 0 spiro atoms. The second-order valence-corrected chi connectivity index (χ2v) is 35.3. The quantitative estimate of drug-likeness (QED) is 0.0383. The van der Waals surface area contributed by atoms with Gasteiger partial charge in [0.05, 0.1) is 62.6 Å². The number of sulfonamides is 1. The molecule has 0 amide bonds. The standard InChI is InChI=1S/C32H45N7O2.C31H42N6O4S.C29H40N6O2/c1-35-14-16-36(17-15-35)11-8-22-41-30-24-28-27(23-29(30)40-2)31(34-32(33-28)39-12-6-7-13-39)38-20-18-37(19-21-38)25-26-9-4-3-5-10-26;1-40-28-23-26-27(24-29(28)41-22-10-15-34-13-6-3-7-14-34)32-31(36-16-8-9-17-36)33-30(26)35-18-20-37(21-19-35)42(38,39)25-11-4-2-5-12-25;1-32(2)12-9-19-37-27-21-25-24(20-26(27)36-3)28(31-29(30-25)35-13-7-8-14-35)34-17-15-33(16-18-34)22-23-10-5-4-6-11-23/h3-5,9-10,23-24H,6-8,11-22,25H2,1-2H3;2,4-5,11-12,23-24H,3,6-10,13-22H2,1H3;4-6,10-11,20-21H,7-9,12-19,22H2,1-3H3. The van der Waals surface area contributed by atoms with Crippen molar-refractivity contribution in [2.45, 2.75) is 95.0 Å². The average molecular weight is 1660 g/mol. The molecule has 120 heavy (non-hydrogen) atoms. The molecule has 0 N–H and O–H groups in total. The third kappa shape index (κ3) is 22.1. The average Bonchev–Trinajstić information content (AvgIpc) is 1.02. The largest absolute Gasteiger partial charge is 0.493 e. The van der Waals surface area contributed by atoms with Crippen LogP contribution in [0.4, 0.5) is 35.3 Å². The fourth-order valence-corrected chi connectivity index (χ4v) is 19.0. The molecule has 8 saturated heterocycles. The Morgan fingerprint density at radius 2 is 0.675 bits per heavy atom. The molecule has 8 aliphatic rings. The summed E-state index contributed by atoms with van der Waals surface area (Å²) in [7, 11) is 7.90. The lowest BCUT2D eigenvalue weighted by molar-refractivity contribution is 0.145. The molecular weight excluding hydrogens is 1530 g/mol. The predicted molar refractivity (Wildman–Crippen MR) is 481 cm³/mol. The van der Waals surface area contributed by atoms with Gasteiger partial charge < -0.3 is 77.4 Å². The van der Waals surface area contributed by atoms with Gasteiger partial charge in [0.2, 0.25) is 27.9 Å². The van der Waals surface area contributed by atoms with Crippen LogP contribution in [0.5, 0.6) is 34.5 Å². The van der Waals surface area contributed by atoms with E-state index in [0.717, 1.165) is 274 Å². The Balaban J connectivity index is 0.000000141. The number of piperazine rings is 4. The number of methoxy groups -OCH3 is 3. The number of piperidine rings is 1. The first-order valence-electron chi connectivity index (χ1n) is 44.2. The number of likely N-dealkylation sites (tertiary alicyclic amines) is 1. The Labute approximate surface area is 711 Å². The highest BCUT2D eigenvalue weighted by Crippen LogP contribution is 2.42. The monoisotopic (exact) mass is 1660 g/mol. The number of likely N-dealkylation sites (N-methyl/N-ethyl adjacent to an activating group) is 1. The molecule has 8 aliphatic heterocycles. The van der Waals surface area contributed by atoms with Gasteiger partial charge in [-0.25, -0.2) is 23.4 Å². The highest BCUT2D eigenvalue weighted by molar-refractivity contribution is 7.89. The van der Waals surface area contributed by atoms with Gasteiger partial charge >= 0.3 is 0 Å². The number of nitrogens with zero attached hydrogens (tertiary/aromatic N) is 19. The Morgan fingerprint density at radius 3 is 1.04 bits per heavy atom. The highest BCUT2D eigenvalue weighted by atomic mass is 32.2. The summed E-state index contributed by atoms with van der Waals surface area (Å²) in [6.07, 6.45) is 13.9. The van der Waals surface area contributed by atoms with Gasteiger partial charge in [0, 0.05) is 211 Å². The van der Waals surface area contributed by atoms with Crippen LogP contribution in [0.2, 0.25) is 0 Å². The van der Waals surface area contributed by atoms with Crippen LogP contribution >= 0.6 is 0 Å². The summed E-state index contributed by atoms with van der Waals surface area (Å²) in [6.45, 7) is 29.4. The molecule has 0 bridgehead atoms. The maximum atomic E-state index is 13.2.